The minimum atomic E-state index is 0. The van der Waals surface area contributed by atoms with Crippen molar-refractivity contribution in [3.8, 4) is 0 Å². The monoisotopic (exact) mass is 619 g/mol. The normalized spacial score (nSPS) is 10.9. The Hall–Kier alpha value is -3.34. The van der Waals surface area contributed by atoms with Crippen molar-refractivity contribution in [2.45, 2.75) is 47.0 Å². The molecule has 4 aromatic carbocycles. The second-order valence-electron chi connectivity index (χ2n) is 10.1. The average Bonchev–Trinajstić information content (AvgIpc) is 3.55. The summed E-state index contributed by atoms with van der Waals surface area (Å²) in [6.07, 6.45) is 5.44. The summed E-state index contributed by atoms with van der Waals surface area (Å²) >= 11 is 0. The van der Waals surface area contributed by atoms with Gasteiger partial charge in [-0.1, -0.05) is 60.5 Å². The zero-order chi connectivity index (χ0) is 28.9. The van der Waals surface area contributed by atoms with E-state index in [9.17, 15) is 9.59 Å². The van der Waals surface area contributed by atoms with Crippen molar-refractivity contribution in [3.63, 3.8) is 0 Å². The number of benzene rings is 4. The van der Waals surface area contributed by atoms with Crippen molar-refractivity contribution < 1.29 is 42.3 Å². The molecule has 2 N–H and O–H groups in total. The Labute approximate surface area is 269 Å². The molecule has 0 bridgehead atoms. The predicted molar refractivity (Wildman–Crippen MR) is 167 cm³/mol. The molecule has 0 saturated carbocycles. The van der Waals surface area contributed by atoms with Gasteiger partial charge in [0.25, 0.3) is 0 Å². The van der Waals surface area contributed by atoms with Crippen molar-refractivity contribution in [2.75, 3.05) is 12.4 Å². The number of ketones is 1. The summed E-state index contributed by atoms with van der Waals surface area (Å²) in [4.78, 5) is 24.1. The van der Waals surface area contributed by atoms with Crippen LogP contribution in [0.2, 0.25) is 0 Å². The number of hydrogen-bond acceptors (Lipinski definition) is 3. The average molecular weight is 620 g/mol. The van der Waals surface area contributed by atoms with Crippen molar-refractivity contribution in [2.24, 2.45) is 0 Å². The molecule has 1 aromatic heterocycles. The van der Waals surface area contributed by atoms with E-state index in [4.69, 9.17) is 0 Å². The van der Waals surface area contributed by atoms with Gasteiger partial charge in [-0.05, 0) is 67.1 Å². The first-order valence-electron chi connectivity index (χ1n) is 13.5. The second-order valence-corrected chi connectivity index (χ2v) is 10.1. The van der Waals surface area contributed by atoms with Crippen LogP contribution in [0.15, 0.2) is 91.1 Å². The van der Waals surface area contributed by atoms with Crippen LogP contribution < -0.4 is 5.32 Å². The van der Waals surface area contributed by atoms with E-state index in [1.807, 2.05) is 44.7 Å². The molecule has 1 heterocycles. The smallest absolute Gasteiger partial charge is 0.141 e. The summed E-state index contributed by atoms with van der Waals surface area (Å²) in [7, 11) is 1.92. The van der Waals surface area contributed by atoms with Gasteiger partial charge in [0.2, 0.25) is 0 Å². The van der Waals surface area contributed by atoms with E-state index in [0.29, 0.717) is 25.0 Å². The zero-order valence-corrected chi connectivity index (χ0v) is 27.5. The Morgan fingerprint density at radius 2 is 1.41 bits per heavy atom. The third-order valence-corrected chi connectivity index (χ3v) is 6.47. The fourth-order valence-corrected chi connectivity index (χ4v) is 4.29. The van der Waals surface area contributed by atoms with Gasteiger partial charge in [0.05, 0.1) is 0 Å². The number of Topliss-reactive ketones (excluding diaryl/α,β-unsaturated/α-hetero) is 1. The largest absolute Gasteiger partial charge is 0.542 e. The number of anilines is 1. The predicted octanol–water partition coefficient (Wildman–Crippen LogP) is 7.62. The number of carbonyl (C=O) groups is 1. The summed E-state index contributed by atoms with van der Waals surface area (Å²) in [5, 5.41) is 4.34. The maximum absolute atomic E-state index is 11.0. The Balaban J connectivity index is 0.000000190. The van der Waals surface area contributed by atoms with E-state index in [2.05, 4.69) is 104 Å². The number of fused-ring (bicyclic) bond motifs is 2. The molecular formula is C36H38N2O2Y-2. The summed E-state index contributed by atoms with van der Waals surface area (Å²) in [6, 6.07) is 31.7. The number of rotatable bonds is 3. The van der Waals surface area contributed by atoms with Crippen LogP contribution >= 0.6 is 0 Å². The fourth-order valence-electron chi connectivity index (χ4n) is 4.29. The second kappa shape index (κ2) is 17.5. The standard InChI is InChI=1S/C10H10O.C9H9N.C9H8O.C8H11N.Y/c1-7-2-3-8-5-10(11)6-9(8)4-7;1-7-2-3-8-4-5-10-9(8)6-7;1-8-3-2-4-9(7-8)5-6-10;1-7-3-5-8(9-2)6-4-7;/h2-4H,5-6H2,1H3;2-6,10H,1H3;2-3,7H,5H2,1H3;3-6,9H,1-2H3;/q;;-2;;. The van der Waals surface area contributed by atoms with Crippen LogP contribution in [0.4, 0.5) is 5.69 Å². The molecule has 0 fully saturated rings. The van der Waals surface area contributed by atoms with E-state index in [1.165, 1.54) is 44.4 Å². The summed E-state index contributed by atoms with van der Waals surface area (Å²) < 4.78 is 0. The van der Waals surface area contributed by atoms with E-state index < -0.39 is 0 Å². The van der Waals surface area contributed by atoms with Crippen LogP contribution in [-0.2, 0) is 61.6 Å². The third kappa shape index (κ3) is 11.6. The number of H-pyrrole nitrogens is 1. The van der Waals surface area contributed by atoms with Crippen molar-refractivity contribution in [1.29, 1.82) is 0 Å². The van der Waals surface area contributed by atoms with Crippen LogP contribution in [0.1, 0.15) is 38.9 Å². The fraction of sp³-hybridized carbons (Fsp3) is 0.222. The van der Waals surface area contributed by atoms with Gasteiger partial charge in [0.1, 0.15) is 5.78 Å². The van der Waals surface area contributed by atoms with Crippen LogP contribution in [0, 0.1) is 33.8 Å². The minimum Gasteiger partial charge on any atom is -0.542 e. The maximum Gasteiger partial charge on any atom is 0.141 e. The van der Waals surface area contributed by atoms with Gasteiger partial charge in [-0.2, -0.15) is 35.4 Å². The van der Waals surface area contributed by atoms with Crippen LogP contribution in [-0.4, -0.2) is 24.1 Å². The molecule has 0 aliphatic heterocycles. The summed E-state index contributed by atoms with van der Waals surface area (Å²) in [5.74, 6) is 0.352. The molecule has 41 heavy (non-hydrogen) atoms. The van der Waals surface area contributed by atoms with Gasteiger partial charge in [0.15, 0.2) is 0 Å². The molecule has 5 heteroatoms. The number of aromatic nitrogens is 1. The molecule has 209 valence electrons. The topological polar surface area (TPSA) is 62.0 Å². The maximum atomic E-state index is 11.0. The zero-order valence-electron chi connectivity index (χ0n) is 24.7. The van der Waals surface area contributed by atoms with Crippen LogP contribution in [0.3, 0.4) is 0 Å². The Morgan fingerprint density at radius 3 is 2.10 bits per heavy atom. The van der Waals surface area contributed by atoms with Gasteiger partial charge in [-0.25, -0.2) is 0 Å². The molecule has 0 spiro atoms. The molecule has 0 atom stereocenters. The molecule has 1 aliphatic rings. The SMILES string of the molecule is CNc1ccc(C)cc1.Cc1cc[c-]c(C[C-]=O)c1.Cc1ccc2c(c1)CC(=O)C2.Cc1ccc2cc[nH]c2c1.[Y]. The Kier molecular flexibility index (Phi) is 14.4. The number of aryl methyl sites for hydroxylation is 4. The van der Waals surface area contributed by atoms with Gasteiger partial charge in [-0.15, -0.1) is 6.42 Å². The Bertz CT molecular complexity index is 1540. The quantitative estimate of drug-likeness (QED) is 0.204. The van der Waals surface area contributed by atoms with Crippen molar-refractivity contribution in [1.82, 2.24) is 4.98 Å². The van der Waals surface area contributed by atoms with Crippen LogP contribution in [0.25, 0.3) is 10.9 Å². The van der Waals surface area contributed by atoms with E-state index >= 15 is 0 Å². The molecule has 6 rings (SSSR count). The van der Waals surface area contributed by atoms with Crippen molar-refractivity contribution in [3.05, 3.63) is 136 Å². The first-order valence-corrected chi connectivity index (χ1v) is 13.5. The van der Waals surface area contributed by atoms with E-state index in [-0.39, 0.29) is 32.7 Å². The van der Waals surface area contributed by atoms with E-state index in [0.717, 1.165) is 11.1 Å². The first kappa shape index (κ1) is 33.9. The molecule has 1 radical (unpaired) electrons. The number of aromatic amines is 1. The molecule has 1 aliphatic carbocycles. The molecule has 0 amide bonds. The number of hydrogen-bond donors (Lipinski definition) is 2. The summed E-state index contributed by atoms with van der Waals surface area (Å²) in [6.45, 7) is 8.23. The minimum absolute atomic E-state index is 0. The van der Waals surface area contributed by atoms with Crippen LogP contribution in [0.5, 0.6) is 0 Å². The van der Waals surface area contributed by atoms with Gasteiger partial charge in [-0.3, -0.25) is 11.1 Å². The van der Waals surface area contributed by atoms with E-state index in [1.54, 1.807) is 0 Å². The molecule has 4 nitrogen and oxygen atoms in total. The van der Waals surface area contributed by atoms with Gasteiger partial charge < -0.3 is 15.1 Å². The summed E-state index contributed by atoms with van der Waals surface area (Å²) in [5.41, 5.74) is 10.8. The van der Waals surface area contributed by atoms with Gasteiger partial charge in [0, 0.05) is 70.0 Å². The third-order valence-electron chi connectivity index (χ3n) is 6.47. The van der Waals surface area contributed by atoms with Crippen molar-refractivity contribution >= 4 is 28.7 Å². The Morgan fingerprint density at radius 1 is 0.780 bits per heavy atom. The molecule has 5 aromatic rings. The first-order chi connectivity index (χ1) is 19.3. The van der Waals surface area contributed by atoms with Gasteiger partial charge >= 0.3 is 0 Å². The molecule has 0 unspecified atom stereocenters. The molecule has 0 saturated heterocycles. The molecular weight excluding hydrogens is 581 g/mol. The number of nitrogens with one attached hydrogen (secondary N) is 2. The number of carbonyl (C=O) groups excluding carboxylic acids is 2.